The van der Waals surface area contributed by atoms with Crippen LogP contribution in [-0.2, 0) is 0 Å². The maximum absolute atomic E-state index is 14.1. The van der Waals surface area contributed by atoms with Crippen LogP contribution in [-0.4, -0.2) is 5.67 Å². The van der Waals surface area contributed by atoms with Crippen LogP contribution < -0.4 is 0 Å². The molecule has 0 amide bonds. The Bertz CT molecular complexity index is 163. The van der Waals surface area contributed by atoms with Gasteiger partial charge in [0.2, 0.25) is 0 Å². The van der Waals surface area contributed by atoms with Gasteiger partial charge in [-0.3, -0.25) is 0 Å². The Morgan fingerprint density at radius 1 is 1.31 bits per heavy atom. The molecule has 1 saturated carbocycles. The summed E-state index contributed by atoms with van der Waals surface area (Å²) >= 11 is 0. The summed E-state index contributed by atoms with van der Waals surface area (Å²) in [5.74, 6) is 1.57. The van der Waals surface area contributed by atoms with Crippen molar-refractivity contribution in [2.24, 2.45) is 17.8 Å². The van der Waals surface area contributed by atoms with Gasteiger partial charge in [0.1, 0.15) is 5.67 Å². The van der Waals surface area contributed by atoms with Crippen LogP contribution in [0.2, 0.25) is 0 Å². The first-order chi connectivity index (χ1) is 5.94. The molecule has 0 heterocycles. The predicted octanol–water partition coefficient (Wildman–Crippen LogP) is 4.20. The minimum absolute atomic E-state index is 0.199. The summed E-state index contributed by atoms with van der Waals surface area (Å²) < 4.78 is 14.1. The van der Waals surface area contributed by atoms with Crippen molar-refractivity contribution in [1.29, 1.82) is 0 Å². The Kier molecular flexibility index (Phi) is 3.37. The van der Waals surface area contributed by atoms with Crippen LogP contribution in [0.4, 0.5) is 4.39 Å². The van der Waals surface area contributed by atoms with Crippen LogP contribution in [0.1, 0.15) is 53.4 Å². The van der Waals surface area contributed by atoms with E-state index in [4.69, 9.17) is 0 Å². The van der Waals surface area contributed by atoms with Crippen molar-refractivity contribution in [1.82, 2.24) is 0 Å². The van der Waals surface area contributed by atoms with Crippen LogP contribution in [0, 0.1) is 17.8 Å². The van der Waals surface area contributed by atoms with Gasteiger partial charge < -0.3 is 0 Å². The van der Waals surface area contributed by atoms with E-state index < -0.39 is 5.67 Å². The molecule has 0 nitrogen and oxygen atoms in total. The molecule has 78 valence electrons. The number of alkyl halides is 1. The number of hydrogen-bond acceptors (Lipinski definition) is 0. The molecule has 0 spiro atoms. The van der Waals surface area contributed by atoms with E-state index in [9.17, 15) is 4.39 Å². The first-order valence-electron chi connectivity index (χ1n) is 5.63. The Morgan fingerprint density at radius 3 is 2.31 bits per heavy atom. The summed E-state index contributed by atoms with van der Waals surface area (Å²) in [6, 6.07) is 0. The van der Waals surface area contributed by atoms with E-state index in [1.165, 1.54) is 6.42 Å². The topological polar surface area (TPSA) is 0 Å². The molecule has 0 aromatic heterocycles. The highest BCUT2D eigenvalue weighted by Crippen LogP contribution is 2.44. The lowest BCUT2D eigenvalue weighted by Crippen LogP contribution is -2.26. The van der Waals surface area contributed by atoms with Crippen LogP contribution in [0.25, 0.3) is 0 Å². The molecular weight excluding hydrogens is 163 g/mol. The second-order valence-electron chi connectivity index (χ2n) is 5.43. The molecule has 1 rings (SSSR count). The van der Waals surface area contributed by atoms with Crippen LogP contribution in [0.5, 0.6) is 0 Å². The van der Waals surface area contributed by atoms with Crippen molar-refractivity contribution in [3.8, 4) is 0 Å². The number of hydrogen-bond donors (Lipinski definition) is 0. The van der Waals surface area contributed by atoms with Gasteiger partial charge in [-0.25, -0.2) is 4.39 Å². The number of rotatable bonds is 3. The van der Waals surface area contributed by atoms with Crippen molar-refractivity contribution < 1.29 is 4.39 Å². The predicted molar refractivity (Wildman–Crippen MR) is 55.5 cm³/mol. The molecule has 1 aliphatic rings. The lowest BCUT2D eigenvalue weighted by Gasteiger charge is -2.24. The van der Waals surface area contributed by atoms with Crippen molar-refractivity contribution in [3.05, 3.63) is 0 Å². The van der Waals surface area contributed by atoms with E-state index in [2.05, 4.69) is 13.8 Å². The minimum Gasteiger partial charge on any atom is -0.244 e. The Morgan fingerprint density at radius 2 is 1.92 bits per heavy atom. The monoisotopic (exact) mass is 186 g/mol. The van der Waals surface area contributed by atoms with Crippen LogP contribution in [0.3, 0.4) is 0 Å². The van der Waals surface area contributed by atoms with Gasteiger partial charge in [0, 0.05) is 0 Å². The molecule has 0 bridgehead atoms. The zero-order chi connectivity index (χ0) is 10.1. The van der Waals surface area contributed by atoms with E-state index in [-0.39, 0.29) is 5.92 Å². The largest absolute Gasteiger partial charge is 0.244 e. The molecule has 0 aromatic carbocycles. The molecule has 1 heteroatoms. The van der Waals surface area contributed by atoms with Gasteiger partial charge in [0.25, 0.3) is 0 Å². The third-order valence-corrected chi connectivity index (χ3v) is 3.44. The fourth-order valence-corrected chi connectivity index (χ4v) is 2.52. The third kappa shape index (κ3) is 2.69. The van der Waals surface area contributed by atoms with E-state index in [1.54, 1.807) is 0 Å². The van der Waals surface area contributed by atoms with Crippen molar-refractivity contribution >= 4 is 0 Å². The van der Waals surface area contributed by atoms with Gasteiger partial charge in [0.05, 0.1) is 0 Å². The summed E-state index contributed by atoms with van der Waals surface area (Å²) in [5, 5.41) is 0. The maximum Gasteiger partial charge on any atom is 0.113 e. The molecule has 0 saturated heterocycles. The zero-order valence-corrected chi connectivity index (χ0v) is 9.44. The quantitative estimate of drug-likeness (QED) is 0.619. The highest BCUT2D eigenvalue weighted by Gasteiger charge is 2.41. The van der Waals surface area contributed by atoms with E-state index in [0.29, 0.717) is 5.92 Å². The normalized spacial score (nSPS) is 34.8. The molecule has 0 radical (unpaired) electrons. The summed E-state index contributed by atoms with van der Waals surface area (Å²) in [6.07, 6.45) is 3.91. The minimum atomic E-state index is -0.848. The van der Waals surface area contributed by atoms with Gasteiger partial charge in [-0.2, -0.15) is 0 Å². The Balaban J connectivity index is 2.44. The molecule has 13 heavy (non-hydrogen) atoms. The van der Waals surface area contributed by atoms with Crippen molar-refractivity contribution in [2.45, 2.75) is 59.0 Å². The summed E-state index contributed by atoms with van der Waals surface area (Å²) in [4.78, 5) is 0. The van der Waals surface area contributed by atoms with Crippen molar-refractivity contribution in [3.63, 3.8) is 0 Å². The average molecular weight is 186 g/mol. The van der Waals surface area contributed by atoms with E-state index in [1.807, 2.05) is 13.8 Å². The fourth-order valence-electron chi connectivity index (χ4n) is 2.52. The van der Waals surface area contributed by atoms with Crippen LogP contribution >= 0.6 is 0 Å². The van der Waals surface area contributed by atoms with Gasteiger partial charge in [0.15, 0.2) is 0 Å². The van der Waals surface area contributed by atoms with E-state index >= 15 is 0 Å². The standard InChI is InChI=1S/C12H23F/c1-9(2)7-11-5-6-12(13,8-11)10(3)4/h9-11H,5-8H2,1-4H3. The Hall–Kier alpha value is -0.0700. The van der Waals surface area contributed by atoms with E-state index in [0.717, 1.165) is 25.2 Å². The third-order valence-electron chi connectivity index (χ3n) is 3.44. The molecule has 0 N–H and O–H groups in total. The zero-order valence-electron chi connectivity index (χ0n) is 9.44. The molecule has 0 aliphatic heterocycles. The first-order valence-corrected chi connectivity index (χ1v) is 5.63. The SMILES string of the molecule is CC(C)CC1CCC(F)(C(C)C)C1. The maximum atomic E-state index is 14.1. The summed E-state index contributed by atoms with van der Waals surface area (Å²) in [5.41, 5.74) is -0.848. The van der Waals surface area contributed by atoms with Gasteiger partial charge in [-0.05, 0) is 43.4 Å². The molecule has 0 aromatic rings. The highest BCUT2D eigenvalue weighted by molar-refractivity contribution is 4.92. The van der Waals surface area contributed by atoms with Crippen LogP contribution in [0.15, 0.2) is 0 Å². The van der Waals surface area contributed by atoms with Gasteiger partial charge >= 0.3 is 0 Å². The average Bonchev–Trinajstić information content (AvgIpc) is 2.32. The first kappa shape index (κ1) is 11.0. The smallest absolute Gasteiger partial charge is 0.113 e. The molecule has 2 atom stereocenters. The highest BCUT2D eigenvalue weighted by atomic mass is 19.1. The second kappa shape index (κ2) is 3.98. The summed E-state index contributed by atoms with van der Waals surface area (Å²) in [6.45, 7) is 8.48. The van der Waals surface area contributed by atoms with Crippen molar-refractivity contribution in [2.75, 3.05) is 0 Å². The molecular formula is C12H23F. The fraction of sp³-hybridized carbons (Fsp3) is 1.00. The molecule has 2 unspecified atom stereocenters. The van der Waals surface area contributed by atoms with Gasteiger partial charge in [-0.15, -0.1) is 0 Å². The second-order valence-corrected chi connectivity index (χ2v) is 5.43. The van der Waals surface area contributed by atoms with Gasteiger partial charge in [-0.1, -0.05) is 27.7 Å². The summed E-state index contributed by atoms with van der Waals surface area (Å²) in [7, 11) is 0. The molecule has 1 fully saturated rings. The lowest BCUT2D eigenvalue weighted by molar-refractivity contribution is 0.102. The number of halogens is 1. The Labute approximate surface area is 81.9 Å². The lowest BCUT2D eigenvalue weighted by atomic mass is 9.88. The molecule has 1 aliphatic carbocycles.